The second-order valence-electron chi connectivity index (χ2n) is 12.8. The molecule has 3 heterocycles. The van der Waals surface area contributed by atoms with Crippen LogP contribution in [0.15, 0.2) is 66.5 Å². The van der Waals surface area contributed by atoms with Gasteiger partial charge < -0.3 is 25.1 Å². The molecule has 1 saturated heterocycles. The Kier molecular flexibility index (Phi) is 9.69. The molecule has 5 rings (SSSR count). The molecule has 2 aliphatic rings. The number of likely N-dealkylation sites (N-methyl/N-ethyl adjacent to an activating group) is 1. The molecule has 2 aromatic carbocycles. The number of halogens is 3. The molecule has 1 fully saturated rings. The normalized spacial score (nSPS) is 17.5. The number of quaternary nitrogens is 1. The van der Waals surface area contributed by atoms with E-state index in [1.165, 1.54) is 27.9 Å². The summed E-state index contributed by atoms with van der Waals surface area (Å²) >= 11 is 0. The summed E-state index contributed by atoms with van der Waals surface area (Å²) in [5.41, 5.74) is 1.07. The molecule has 2 aliphatic heterocycles. The fourth-order valence-electron chi connectivity index (χ4n) is 5.81. The highest BCUT2D eigenvalue weighted by atomic mass is 19.4. The number of aliphatic hydroxyl groups is 1. The van der Waals surface area contributed by atoms with Crippen LogP contribution < -0.4 is 15.5 Å². The van der Waals surface area contributed by atoms with Crippen molar-refractivity contribution in [1.29, 1.82) is 5.26 Å². The molecule has 3 aromatic rings. The van der Waals surface area contributed by atoms with Crippen LogP contribution in [-0.4, -0.2) is 101 Å². The molecule has 48 heavy (non-hydrogen) atoms. The number of hydrogen-bond donors (Lipinski definition) is 3. The summed E-state index contributed by atoms with van der Waals surface area (Å²) in [4.78, 5) is 30.8. The zero-order valence-corrected chi connectivity index (χ0v) is 27.2. The molecule has 1 atom stereocenters. The lowest BCUT2D eigenvalue weighted by atomic mass is 10.1. The van der Waals surface area contributed by atoms with Gasteiger partial charge in [0.25, 0.3) is 0 Å². The molecule has 3 N–H and O–H groups in total. The van der Waals surface area contributed by atoms with Gasteiger partial charge in [-0.1, -0.05) is 6.07 Å². The number of piperidine rings is 1. The third kappa shape index (κ3) is 7.40. The number of carbonyl (C=O) groups is 2. The summed E-state index contributed by atoms with van der Waals surface area (Å²) in [5.74, 6) is 0. The van der Waals surface area contributed by atoms with E-state index in [1.807, 2.05) is 21.1 Å². The van der Waals surface area contributed by atoms with Gasteiger partial charge in [0.15, 0.2) is 0 Å². The van der Waals surface area contributed by atoms with Crippen molar-refractivity contribution < 1.29 is 32.3 Å². The van der Waals surface area contributed by atoms with Gasteiger partial charge in [0.1, 0.15) is 0 Å². The number of nitriles is 1. The maximum absolute atomic E-state index is 14.0. The maximum atomic E-state index is 14.0. The maximum Gasteiger partial charge on any atom is 0.416 e. The van der Waals surface area contributed by atoms with E-state index >= 15 is 0 Å². The van der Waals surface area contributed by atoms with Crippen molar-refractivity contribution in [2.75, 3.05) is 52.2 Å². The minimum atomic E-state index is -4.62. The summed E-state index contributed by atoms with van der Waals surface area (Å²) < 4.78 is 43.2. The fourth-order valence-corrected chi connectivity index (χ4v) is 5.81. The van der Waals surface area contributed by atoms with Crippen molar-refractivity contribution in [3.05, 3.63) is 83.3 Å². The lowest BCUT2D eigenvalue weighted by molar-refractivity contribution is -0.869. The molecule has 0 aliphatic carbocycles. The van der Waals surface area contributed by atoms with Crippen LogP contribution in [-0.2, 0) is 6.18 Å². The average molecular weight is 667 g/mol. The van der Waals surface area contributed by atoms with E-state index in [0.717, 1.165) is 23.6 Å². The number of aromatic nitrogens is 2. The zero-order valence-electron chi connectivity index (χ0n) is 27.2. The summed E-state index contributed by atoms with van der Waals surface area (Å²) in [5, 5.41) is 31.2. The van der Waals surface area contributed by atoms with Crippen LogP contribution in [0, 0.1) is 11.3 Å². The minimum Gasteiger partial charge on any atom is -0.356 e. The number of likely N-dealkylation sites (tertiary alicyclic amines) is 1. The van der Waals surface area contributed by atoms with Crippen molar-refractivity contribution >= 4 is 23.4 Å². The number of anilines is 1. The summed E-state index contributed by atoms with van der Waals surface area (Å²) in [7, 11) is 6.12. The fraction of sp³-hybridized carbons (Fsp3) is 0.394. The molecular weight excluding hydrogens is 627 g/mol. The lowest BCUT2D eigenvalue weighted by Gasteiger charge is -2.35. The van der Waals surface area contributed by atoms with Gasteiger partial charge in [0.2, 0.25) is 6.35 Å². The second kappa shape index (κ2) is 13.6. The monoisotopic (exact) mass is 666 g/mol. The Balaban J connectivity index is 1.41. The summed E-state index contributed by atoms with van der Waals surface area (Å²) in [6.07, 6.45) is -3.87. The smallest absolute Gasteiger partial charge is 0.356 e. The molecule has 0 bridgehead atoms. The van der Waals surface area contributed by atoms with E-state index in [-0.39, 0.29) is 23.5 Å². The Morgan fingerprint density at radius 1 is 1.04 bits per heavy atom. The minimum absolute atomic E-state index is 0.0386. The SMILES string of the molecule is CC1=C(c2ccnn2-c2ccc(C#N)cc2)N(C(=O)NC2CCN(C(=O)NCC[N+](C)(C)C)CC2)C(O)N1c1cccc(C(F)(F)F)c1. The highest BCUT2D eigenvalue weighted by Gasteiger charge is 2.43. The van der Waals surface area contributed by atoms with E-state index in [4.69, 9.17) is 0 Å². The van der Waals surface area contributed by atoms with Gasteiger partial charge >= 0.3 is 18.2 Å². The Labute approximate surface area is 276 Å². The topological polar surface area (TPSA) is 130 Å². The van der Waals surface area contributed by atoms with E-state index in [9.17, 15) is 33.1 Å². The number of alkyl halides is 3. The zero-order chi connectivity index (χ0) is 34.8. The van der Waals surface area contributed by atoms with Crippen LogP contribution >= 0.6 is 0 Å². The van der Waals surface area contributed by atoms with Crippen LogP contribution in [0.4, 0.5) is 28.4 Å². The van der Waals surface area contributed by atoms with Crippen LogP contribution in [0.1, 0.15) is 36.6 Å². The van der Waals surface area contributed by atoms with Gasteiger partial charge in [0.05, 0.1) is 74.7 Å². The number of nitrogens with one attached hydrogen (secondary N) is 2. The Morgan fingerprint density at radius 2 is 1.73 bits per heavy atom. The summed E-state index contributed by atoms with van der Waals surface area (Å²) in [6, 6.07) is 13.6. The predicted molar refractivity (Wildman–Crippen MR) is 172 cm³/mol. The Hall–Kier alpha value is -5.07. The number of allylic oxidation sites excluding steroid dienone is 1. The van der Waals surface area contributed by atoms with Crippen LogP contribution in [0.5, 0.6) is 0 Å². The first-order valence-electron chi connectivity index (χ1n) is 15.5. The van der Waals surface area contributed by atoms with Gasteiger partial charge in [-0.3, -0.25) is 4.90 Å². The lowest BCUT2D eigenvalue weighted by Crippen LogP contribution is -2.54. The second-order valence-corrected chi connectivity index (χ2v) is 12.8. The molecule has 254 valence electrons. The first kappa shape index (κ1) is 34.3. The van der Waals surface area contributed by atoms with Gasteiger partial charge in [-0.15, -0.1) is 0 Å². The van der Waals surface area contributed by atoms with Gasteiger partial charge in [-0.25, -0.2) is 19.2 Å². The van der Waals surface area contributed by atoms with Crippen LogP contribution in [0.25, 0.3) is 11.4 Å². The molecule has 0 radical (unpaired) electrons. The molecular formula is C33H39F3N9O3+. The third-order valence-electron chi connectivity index (χ3n) is 8.37. The number of nitrogens with zero attached hydrogens (tertiary/aromatic N) is 7. The molecule has 12 nitrogen and oxygen atoms in total. The average Bonchev–Trinajstić information content (AvgIpc) is 3.62. The number of rotatable bonds is 7. The van der Waals surface area contributed by atoms with E-state index < -0.39 is 24.1 Å². The number of carbonyl (C=O) groups excluding carboxylic acids is 2. The largest absolute Gasteiger partial charge is 0.416 e. The molecule has 1 aromatic heterocycles. The van der Waals surface area contributed by atoms with Crippen molar-refractivity contribution in [3.63, 3.8) is 0 Å². The highest BCUT2D eigenvalue weighted by molar-refractivity contribution is 5.90. The molecule has 0 saturated carbocycles. The van der Waals surface area contributed by atoms with Gasteiger partial charge in [-0.05, 0) is 68.3 Å². The quantitative estimate of drug-likeness (QED) is 0.325. The molecule has 15 heteroatoms. The van der Waals surface area contributed by atoms with Gasteiger partial charge in [0, 0.05) is 30.5 Å². The van der Waals surface area contributed by atoms with E-state index in [0.29, 0.717) is 59.6 Å². The van der Waals surface area contributed by atoms with E-state index in [2.05, 4.69) is 21.8 Å². The number of hydrogen-bond acceptors (Lipinski definition) is 6. The molecule has 4 amide bonds. The van der Waals surface area contributed by atoms with E-state index in [1.54, 1.807) is 42.2 Å². The number of urea groups is 2. The summed E-state index contributed by atoms with van der Waals surface area (Å²) in [6.45, 7) is 3.73. The number of aliphatic hydroxyl groups excluding tert-OH is 1. The Bertz CT molecular complexity index is 1720. The van der Waals surface area contributed by atoms with Crippen molar-refractivity contribution in [2.45, 2.75) is 38.3 Å². The first-order valence-corrected chi connectivity index (χ1v) is 15.5. The molecule has 1 unspecified atom stereocenters. The van der Waals surface area contributed by atoms with Crippen molar-refractivity contribution in [3.8, 4) is 11.8 Å². The van der Waals surface area contributed by atoms with Crippen molar-refractivity contribution in [2.24, 2.45) is 0 Å². The number of amides is 4. The third-order valence-corrected chi connectivity index (χ3v) is 8.37. The van der Waals surface area contributed by atoms with Crippen LogP contribution in [0.2, 0.25) is 0 Å². The number of benzene rings is 2. The van der Waals surface area contributed by atoms with Gasteiger partial charge in [-0.2, -0.15) is 23.5 Å². The Morgan fingerprint density at radius 3 is 2.35 bits per heavy atom. The standard InChI is InChI=1S/C33H38F3N9O3/c1-22-29(28-12-15-39-44(28)26-10-8-23(21-37)9-11-26)43(32(48)42(22)27-7-5-6-24(20-27)33(34,35)36)31(47)40-25-13-17-41(18-14-25)30(46)38-16-19-45(2,3)4/h5-12,15,20,25,32,48H,13-14,16-19H2,1-4H3,(H-,38,40,46,47)/p+1. The van der Waals surface area contributed by atoms with Crippen LogP contribution in [0.3, 0.4) is 0 Å². The first-order chi connectivity index (χ1) is 22.7. The highest BCUT2D eigenvalue weighted by Crippen LogP contribution is 2.40. The predicted octanol–water partition coefficient (Wildman–Crippen LogP) is 4.14. The molecule has 0 spiro atoms. The van der Waals surface area contributed by atoms with Crippen molar-refractivity contribution in [1.82, 2.24) is 30.2 Å².